The summed E-state index contributed by atoms with van der Waals surface area (Å²) in [5, 5.41) is 0. The van der Waals surface area contributed by atoms with Crippen molar-refractivity contribution in [3.05, 3.63) is 0 Å². The van der Waals surface area contributed by atoms with Crippen molar-refractivity contribution in [3.63, 3.8) is 0 Å². The van der Waals surface area contributed by atoms with E-state index in [0.717, 1.165) is 25.7 Å². The van der Waals surface area contributed by atoms with Crippen LogP contribution in [-0.4, -0.2) is 29.9 Å². The third kappa shape index (κ3) is 3.51. The Morgan fingerprint density at radius 3 is 2.55 bits per heavy atom. The molecule has 4 fully saturated rings. The molecule has 0 aromatic rings. The van der Waals surface area contributed by atoms with Gasteiger partial charge in [-0.25, -0.2) is 0 Å². The Bertz CT molecular complexity index is 787. The van der Waals surface area contributed by atoms with E-state index in [4.69, 9.17) is 4.74 Å². The van der Waals surface area contributed by atoms with Crippen LogP contribution in [0.15, 0.2) is 0 Å². The van der Waals surface area contributed by atoms with Gasteiger partial charge in [0.05, 0.1) is 6.61 Å². The smallest absolute Gasteiger partial charge is 0.305 e. The number of ketones is 3. The van der Waals surface area contributed by atoms with Gasteiger partial charge in [0.15, 0.2) is 0 Å². The maximum Gasteiger partial charge on any atom is 0.305 e. The first-order valence-corrected chi connectivity index (χ1v) is 12.4. The lowest BCUT2D eigenvalue weighted by Crippen LogP contribution is -2.60. The fourth-order valence-electron chi connectivity index (χ4n) is 8.17. The minimum Gasteiger partial charge on any atom is -0.466 e. The average molecular weight is 431 g/mol. The SMILES string of the molecule is CCOC(=O)CC[C@@H](C)[C@H]1CC[C@H]2[C@@H]3C(=O)C[C@@H]4CC(=O)CC[C@]4(C)[C@H]3CC(=O)[C@]12C. The molecule has 0 heterocycles. The molecule has 0 aromatic carbocycles. The topological polar surface area (TPSA) is 77.5 Å². The molecule has 0 spiro atoms. The zero-order valence-corrected chi connectivity index (χ0v) is 19.6. The maximum atomic E-state index is 13.7. The first kappa shape index (κ1) is 22.7. The fraction of sp³-hybridized carbons (Fsp3) is 0.846. The van der Waals surface area contributed by atoms with E-state index < -0.39 is 5.41 Å². The Morgan fingerprint density at radius 1 is 1.10 bits per heavy atom. The minimum atomic E-state index is -0.474. The summed E-state index contributed by atoms with van der Waals surface area (Å²) in [5.74, 6) is 1.44. The largest absolute Gasteiger partial charge is 0.466 e. The Balaban J connectivity index is 1.57. The summed E-state index contributed by atoms with van der Waals surface area (Å²) >= 11 is 0. The van der Waals surface area contributed by atoms with Crippen LogP contribution in [0.5, 0.6) is 0 Å². The van der Waals surface area contributed by atoms with Gasteiger partial charge in [-0.3, -0.25) is 19.2 Å². The second-order valence-corrected chi connectivity index (χ2v) is 11.3. The van der Waals surface area contributed by atoms with Crippen LogP contribution in [-0.2, 0) is 23.9 Å². The molecule has 5 heteroatoms. The van der Waals surface area contributed by atoms with Gasteiger partial charge in [-0.2, -0.15) is 0 Å². The van der Waals surface area contributed by atoms with Crippen molar-refractivity contribution < 1.29 is 23.9 Å². The zero-order valence-electron chi connectivity index (χ0n) is 19.6. The minimum absolute atomic E-state index is 0.0422. The molecule has 0 aromatic heterocycles. The van der Waals surface area contributed by atoms with Gasteiger partial charge in [0.1, 0.15) is 17.3 Å². The molecule has 8 atom stereocenters. The van der Waals surface area contributed by atoms with Crippen LogP contribution < -0.4 is 0 Å². The van der Waals surface area contributed by atoms with Crippen molar-refractivity contribution in [2.75, 3.05) is 6.61 Å². The molecule has 4 aliphatic rings. The highest BCUT2D eigenvalue weighted by Crippen LogP contribution is 2.66. The van der Waals surface area contributed by atoms with Crippen molar-refractivity contribution in [1.82, 2.24) is 0 Å². The lowest BCUT2D eigenvalue weighted by Gasteiger charge is -2.58. The van der Waals surface area contributed by atoms with E-state index >= 15 is 0 Å². The van der Waals surface area contributed by atoms with Crippen LogP contribution in [0, 0.1) is 46.3 Å². The standard InChI is InChI=1S/C26H38O5/c1-5-31-23(30)9-6-15(2)18-7-8-19-24-20(14-22(29)26(18,19)4)25(3)11-10-17(27)12-16(25)13-21(24)28/h15-16,18-20,24H,5-14H2,1-4H3/t15-,16+,18-,19+,20+,24+,25+,26-/m1/s1. The Kier molecular flexibility index (Phi) is 5.93. The quantitative estimate of drug-likeness (QED) is 0.598. The van der Waals surface area contributed by atoms with Gasteiger partial charge in [0.25, 0.3) is 0 Å². The van der Waals surface area contributed by atoms with Crippen molar-refractivity contribution in [2.45, 2.75) is 85.5 Å². The van der Waals surface area contributed by atoms with Gasteiger partial charge >= 0.3 is 5.97 Å². The van der Waals surface area contributed by atoms with Crippen LogP contribution in [0.25, 0.3) is 0 Å². The van der Waals surface area contributed by atoms with Gasteiger partial charge < -0.3 is 4.74 Å². The second-order valence-electron chi connectivity index (χ2n) is 11.3. The number of Topliss-reactive ketones (excluding diaryl/α,β-unsaturated/α-hetero) is 3. The van der Waals surface area contributed by atoms with Crippen LogP contribution in [0.4, 0.5) is 0 Å². The molecule has 4 rings (SSSR count). The molecule has 0 N–H and O–H groups in total. The summed E-state index contributed by atoms with van der Waals surface area (Å²) in [7, 11) is 0. The molecule has 4 aliphatic carbocycles. The highest BCUT2D eigenvalue weighted by molar-refractivity contribution is 5.93. The predicted octanol–water partition coefficient (Wildman–Crippen LogP) is 4.55. The summed E-state index contributed by atoms with van der Waals surface area (Å²) in [6, 6.07) is 0. The number of carbonyl (C=O) groups excluding carboxylic acids is 4. The summed E-state index contributed by atoms with van der Waals surface area (Å²) < 4.78 is 5.09. The third-order valence-electron chi connectivity index (χ3n) is 10.0. The first-order valence-electron chi connectivity index (χ1n) is 12.4. The van der Waals surface area contributed by atoms with Crippen LogP contribution in [0.2, 0.25) is 0 Å². The van der Waals surface area contributed by atoms with E-state index in [1.54, 1.807) is 0 Å². The summed E-state index contributed by atoms with van der Waals surface area (Å²) in [4.78, 5) is 51.1. The van der Waals surface area contributed by atoms with E-state index in [2.05, 4.69) is 20.8 Å². The van der Waals surface area contributed by atoms with Gasteiger partial charge in [-0.1, -0.05) is 20.8 Å². The van der Waals surface area contributed by atoms with E-state index in [9.17, 15) is 19.2 Å². The molecule has 172 valence electrons. The maximum absolute atomic E-state index is 13.7. The summed E-state index contributed by atoms with van der Waals surface area (Å²) in [6.45, 7) is 8.73. The molecule has 0 saturated heterocycles. The molecule has 0 unspecified atom stereocenters. The highest BCUT2D eigenvalue weighted by atomic mass is 16.5. The first-order chi connectivity index (χ1) is 14.6. The summed E-state index contributed by atoms with van der Waals surface area (Å²) in [6.07, 6.45) is 5.89. The Labute approximate surface area is 186 Å². The third-order valence-corrected chi connectivity index (χ3v) is 10.0. The van der Waals surface area contributed by atoms with E-state index in [1.165, 1.54) is 0 Å². The molecule has 31 heavy (non-hydrogen) atoms. The second kappa shape index (κ2) is 8.12. The summed E-state index contributed by atoms with van der Waals surface area (Å²) in [5.41, 5.74) is -0.546. The molecule has 0 amide bonds. The number of carbonyl (C=O) groups is 4. The number of esters is 1. The number of fused-ring (bicyclic) bond motifs is 5. The molecule has 0 radical (unpaired) electrons. The Morgan fingerprint density at radius 2 is 1.84 bits per heavy atom. The molecular formula is C26H38O5. The van der Waals surface area contributed by atoms with E-state index in [0.29, 0.717) is 50.3 Å². The van der Waals surface area contributed by atoms with Crippen LogP contribution >= 0.6 is 0 Å². The highest BCUT2D eigenvalue weighted by Gasteiger charge is 2.66. The lowest BCUT2D eigenvalue weighted by atomic mass is 9.44. The number of rotatable bonds is 5. The van der Waals surface area contributed by atoms with Gasteiger partial charge in [-0.05, 0) is 67.6 Å². The average Bonchev–Trinajstić information content (AvgIpc) is 3.07. The zero-order chi connectivity index (χ0) is 22.6. The van der Waals surface area contributed by atoms with Crippen molar-refractivity contribution >= 4 is 23.3 Å². The number of hydrogen-bond donors (Lipinski definition) is 0. The normalized spacial score (nSPS) is 43.1. The molecule has 4 saturated carbocycles. The number of hydrogen-bond acceptors (Lipinski definition) is 5. The van der Waals surface area contributed by atoms with Gasteiger partial charge in [0.2, 0.25) is 0 Å². The lowest BCUT2D eigenvalue weighted by molar-refractivity contribution is -0.166. The van der Waals surface area contributed by atoms with E-state index in [1.807, 2.05) is 6.92 Å². The monoisotopic (exact) mass is 430 g/mol. The molecule has 0 aliphatic heterocycles. The molecular weight excluding hydrogens is 392 g/mol. The van der Waals surface area contributed by atoms with Gasteiger partial charge in [-0.15, -0.1) is 0 Å². The predicted molar refractivity (Wildman–Crippen MR) is 116 cm³/mol. The number of ether oxygens (including phenoxy) is 1. The van der Waals surface area contributed by atoms with Crippen molar-refractivity contribution in [3.8, 4) is 0 Å². The fourth-order valence-corrected chi connectivity index (χ4v) is 8.17. The van der Waals surface area contributed by atoms with Crippen molar-refractivity contribution in [2.24, 2.45) is 46.3 Å². The molecule has 0 bridgehead atoms. The Hall–Kier alpha value is -1.52. The van der Waals surface area contributed by atoms with Crippen LogP contribution in [0.1, 0.15) is 85.5 Å². The van der Waals surface area contributed by atoms with Gasteiger partial charge in [0, 0.05) is 43.4 Å². The van der Waals surface area contributed by atoms with Crippen molar-refractivity contribution in [1.29, 1.82) is 0 Å². The van der Waals surface area contributed by atoms with E-state index in [-0.39, 0.29) is 52.7 Å². The molecule has 5 nitrogen and oxygen atoms in total. The van der Waals surface area contributed by atoms with Crippen LogP contribution in [0.3, 0.4) is 0 Å².